The highest BCUT2D eigenvalue weighted by Gasteiger charge is 2.24. The molecule has 0 unspecified atom stereocenters. The molecule has 1 aliphatic rings. The molecule has 2 rings (SSSR count). The molecule has 0 bridgehead atoms. The molecule has 1 aromatic carbocycles. The third-order valence-corrected chi connectivity index (χ3v) is 3.38. The second-order valence-electron chi connectivity index (χ2n) is 4.37. The predicted octanol–water partition coefficient (Wildman–Crippen LogP) is 1.95. The van der Waals surface area contributed by atoms with Gasteiger partial charge in [0, 0.05) is 18.1 Å². The summed E-state index contributed by atoms with van der Waals surface area (Å²) in [4.78, 5) is 14.1. The number of nitrogens with zero attached hydrogens (tertiary/aromatic N) is 1. The van der Waals surface area contributed by atoms with Crippen LogP contribution in [0, 0.1) is 0 Å². The Balaban J connectivity index is 2.18. The number of aliphatic hydroxyl groups is 1. The monoisotopic (exact) mass is 269 g/mol. The van der Waals surface area contributed by atoms with Crippen LogP contribution in [0.2, 0.25) is 5.02 Å². The Morgan fingerprint density at radius 3 is 2.72 bits per heavy atom. The van der Waals surface area contributed by atoms with E-state index in [2.05, 4.69) is 0 Å². The molecule has 1 aromatic rings. The average Bonchev–Trinajstić information content (AvgIpc) is 2.38. The van der Waals surface area contributed by atoms with Crippen molar-refractivity contribution < 1.29 is 14.6 Å². The number of likely N-dealkylation sites (tertiary alicyclic amines) is 1. The number of amides is 1. The topological polar surface area (TPSA) is 49.8 Å². The molecule has 1 amide bonds. The number of hydrogen-bond donors (Lipinski definition) is 1. The zero-order chi connectivity index (χ0) is 13.1. The molecule has 0 radical (unpaired) electrons. The number of piperidine rings is 1. The number of rotatable bonds is 2. The van der Waals surface area contributed by atoms with E-state index in [-0.39, 0.29) is 12.0 Å². The van der Waals surface area contributed by atoms with Crippen LogP contribution in [0.5, 0.6) is 5.75 Å². The van der Waals surface area contributed by atoms with E-state index in [1.54, 1.807) is 23.1 Å². The lowest BCUT2D eigenvalue weighted by molar-refractivity contribution is 0.0544. The molecule has 0 aromatic heterocycles. The first kappa shape index (κ1) is 13.2. The van der Waals surface area contributed by atoms with Crippen molar-refractivity contribution >= 4 is 17.5 Å². The number of ether oxygens (including phenoxy) is 1. The molecule has 5 heteroatoms. The second kappa shape index (κ2) is 5.59. The van der Waals surface area contributed by atoms with Gasteiger partial charge in [0.25, 0.3) is 5.91 Å². The molecule has 0 atom stereocenters. The van der Waals surface area contributed by atoms with Gasteiger partial charge in [0.2, 0.25) is 0 Å². The minimum absolute atomic E-state index is 0.0737. The van der Waals surface area contributed by atoms with Gasteiger partial charge in [-0.3, -0.25) is 4.79 Å². The van der Waals surface area contributed by atoms with Gasteiger partial charge in [-0.25, -0.2) is 0 Å². The Morgan fingerprint density at radius 2 is 2.11 bits per heavy atom. The van der Waals surface area contributed by atoms with Crippen molar-refractivity contribution in [2.45, 2.75) is 18.9 Å². The van der Waals surface area contributed by atoms with Crippen LogP contribution in [0.4, 0.5) is 0 Å². The fourth-order valence-electron chi connectivity index (χ4n) is 2.08. The summed E-state index contributed by atoms with van der Waals surface area (Å²) in [7, 11) is 1.52. The summed E-state index contributed by atoms with van der Waals surface area (Å²) in [5.74, 6) is 0.411. The summed E-state index contributed by atoms with van der Waals surface area (Å²) in [6.07, 6.45) is 0.963. The molecule has 0 aliphatic carbocycles. The summed E-state index contributed by atoms with van der Waals surface area (Å²) in [6.45, 7) is 1.15. The molecular formula is C13H16ClNO3. The smallest absolute Gasteiger partial charge is 0.257 e. The zero-order valence-corrected chi connectivity index (χ0v) is 11.0. The number of halogens is 1. The van der Waals surface area contributed by atoms with Crippen LogP contribution < -0.4 is 4.74 Å². The normalized spacial score (nSPS) is 16.7. The van der Waals surface area contributed by atoms with E-state index in [0.29, 0.717) is 42.3 Å². The van der Waals surface area contributed by atoms with Gasteiger partial charge in [-0.15, -0.1) is 0 Å². The summed E-state index contributed by atoms with van der Waals surface area (Å²) < 4.78 is 5.18. The highest BCUT2D eigenvalue weighted by Crippen LogP contribution is 2.25. The fraction of sp³-hybridized carbons (Fsp3) is 0.462. The maximum absolute atomic E-state index is 12.3. The molecule has 1 aliphatic heterocycles. The molecular weight excluding hydrogens is 254 g/mol. The summed E-state index contributed by atoms with van der Waals surface area (Å²) in [6, 6.07) is 4.98. The van der Waals surface area contributed by atoms with E-state index < -0.39 is 0 Å². The number of carbonyl (C=O) groups excluding carboxylic acids is 1. The summed E-state index contributed by atoms with van der Waals surface area (Å²) in [5, 5.41) is 9.98. The fourth-order valence-corrected chi connectivity index (χ4v) is 2.24. The van der Waals surface area contributed by atoms with Gasteiger partial charge in [0.15, 0.2) is 0 Å². The average molecular weight is 270 g/mol. The van der Waals surface area contributed by atoms with Crippen molar-refractivity contribution in [1.82, 2.24) is 4.90 Å². The second-order valence-corrected chi connectivity index (χ2v) is 4.80. The van der Waals surface area contributed by atoms with Gasteiger partial charge < -0.3 is 14.7 Å². The lowest BCUT2D eigenvalue weighted by atomic mass is 10.1. The van der Waals surface area contributed by atoms with E-state index >= 15 is 0 Å². The minimum Gasteiger partial charge on any atom is -0.496 e. The standard InChI is InChI=1S/C13H16ClNO3/c1-18-12-8-9(14)2-3-11(12)13(17)15-6-4-10(16)5-7-15/h2-3,8,10,16H,4-7H2,1H3. The van der Waals surface area contributed by atoms with Crippen LogP contribution in [-0.2, 0) is 0 Å². The Bertz CT molecular complexity index is 442. The van der Waals surface area contributed by atoms with Gasteiger partial charge in [-0.2, -0.15) is 0 Å². The van der Waals surface area contributed by atoms with Crippen molar-refractivity contribution in [2.75, 3.05) is 20.2 Å². The van der Waals surface area contributed by atoms with Crippen LogP contribution in [0.25, 0.3) is 0 Å². The van der Waals surface area contributed by atoms with Crippen LogP contribution in [0.3, 0.4) is 0 Å². The quantitative estimate of drug-likeness (QED) is 0.893. The molecule has 0 saturated carbocycles. The molecule has 1 fully saturated rings. The van der Waals surface area contributed by atoms with Gasteiger partial charge >= 0.3 is 0 Å². The SMILES string of the molecule is COc1cc(Cl)ccc1C(=O)N1CCC(O)CC1. The number of methoxy groups -OCH3 is 1. The Labute approximate surface area is 111 Å². The molecule has 98 valence electrons. The third-order valence-electron chi connectivity index (χ3n) is 3.15. The van der Waals surface area contributed by atoms with Crippen molar-refractivity contribution in [1.29, 1.82) is 0 Å². The molecule has 18 heavy (non-hydrogen) atoms. The van der Waals surface area contributed by atoms with Crippen molar-refractivity contribution in [3.63, 3.8) is 0 Å². The highest BCUT2D eigenvalue weighted by atomic mass is 35.5. The van der Waals surface area contributed by atoms with Crippen molar-refractivity contribution in [3.8, 4) is 5.75 Å². The van der Waals surface area contributed by atoms with Crippen LogP contribution in [-0.4, -0.2) is 42.2 Å². The largest absolute Gasteiger partial charge is 0.496 e. The van der Waals surface area contributed by atoms with Crippen LogP contribution in [0.1, 0.15) is 23.2 Å². The Hall–Kier alpha value is -1.26. The van der Waals surface area contributed by atoms with Gasteiger partial charge in [-0.05, 0) is 31.0 Å². The number of carbonyl (C=O) groups is 1. The number of aliphatic hydroxyl groups excluding tert-OH is 1. The van der Waals surface area contributed by atoms with E-state index in [0.717, 1.165) is 0 Å². The lowest BCUT2D eigenvalue weighted by Gasteiger charge is -2.30. The molecule has 4 nitrogen and oxygen atoms in total. The van der Waals surface area contributed by atoms with Crippen molar-refractivity contribution in [2.24, 2.45) is 0 Å². The van der Waals surface area contributed by atoms with Gasteiger partial charge in [0.05, 0.1) is 18.8 Å². The minimum atomic E-state index is -0.291. The van der Waals surface area contributed by atoms with E-state index in [1.165, 1.54) is 7.11 Å². The number of hydrogen-bond acceptors (Lipinski definition) is 3. The maximum Gasteiger partial charge on any atom is 0.257 e. The predicted molar refractivity (Wildman–Crippen MR) is 69.1 cm³/mol. The molecule has 1 saturated heterocycles. The molecule has 1 N–H and O–H groups in total. The molecule has 1 heterocycles. The van der Waals surface area contributed by atoms with E-state index in [4.69, 9.17) is 16.3 Å². The first-order chi connectivity index (χ1) is 8.61. The lowest BCUT2D eigenvalue weighted by Crippen LogP contribution is -2.40. The Kier molecular flexibility index (Phi) is 4.09. The maximum atomic E-state index is 12.3. The van der Waals surface area contributed by atoms with E-state index in [1.807, 2.05) is 0 Å². The van der Waals surface area contributed by atoms with Gasteiger partial charge in [0.1, 0.15) is 5.75 Å². The third kappa shape index (κ3) is 2.76. The summed E-state index contributed by atoms with van der Waals surface area (Å²) >= 11 is 5.87. The highest BCUT2D eigenvalue weighted by molar-refractivity contribution is 6.30. The van der Waals surface area contributed by atoms with Crippen LogP contribution >= 0.6 is 11.6 Å². The summed E-state index contributed by atoms with van der Waals surface area (Å²) in [5.41, 5.74) is 0.512. The van der Waals surface area contributed by atoms with Gasteiger partial charge in [-0.1, -0.05) is 11.6 Å². The zero-order valence-electron chi connectivity index (χ0n) is 10.2. The van der Waals surface area contributed by atoms with E-state index in [9.17, 15) is 9.90 Å². The van der Waals surface area contributed by atoms with Crippen LogP contribution in [0.15, 0.2) is 18.2 Å². The van der Waals surface area contributed by atoms with Crippen molar-refractivity contribution in [3.05, 3.63) is 28.8 Å². The Morgan fingerprint density at radius 1 is 1.44 bits per heavy atom. The molecule has 0 spiro atoms. The first-order valence-electron chi connectivity index (χ1n) is 5.92. The number of benzene rings is 1. The first-order valence-corrected chi connectivity index (χ1v) is 6.30.